The van der Waals surface area contributed by atoms with Gasteiger partial charge < -0.3 is 20.1 Å². The van der Waals surface area contributed by atoms with Crippen LogP contribution in [0.4, 0.5) is 5.82 Å². The van der Waals surface area contributed by atoms with Gasteiger partial charge in [-0.3, -0.25) is 4.79 Å². The van der Waals surface area contributed by atoms with Gasteiger partial charge in [-0.1, -0.05) is 0 Å². The summed E-state index contributed by atoms with van der Waals surface area (Å²) < 4.78 is 10.6. The standard InChI is InChI=1S/C12H17N3O3/c1-17-9-6-15(7-10(9)18-2)12(16)8-3-4-11(13)14-5-8/h3-5,9-10H,6-7H2,1-2H3,(H2,13,14). The van der Waals surface area contributed by atoms with E-state index in [0.29, 0.717) is 24.5 Å². The van der Waals surface area contributed by atoms with Crippen molar-refractivity contribution in [2.75, 3.05) is 33.0 Å². The van der Waals surface area contributed by atoms with Crippen molar-refractivity contribution in [3.05, 3.63) is 23.9 Å². The van der Waals surface area contributed by atoms with Crippen LogP contribution in [0.3, 0.4) is 0 Å². The Balaban J connectivity index is 2.09. The van der Waals surface area contributed by atoms with Gasteiger partial charge in [0.1, 0.15) is 18.0 Å². The molecule has 0 aromatic carbocycles. The normalized spacial score (nSPS) is 23.3. The van der Waals surface area contributed by atoms with Crippen LogP contribution in [0.1, 0.15) is 10.4 Å². The van der Waals surface area contributed by atoms with Gasteiger partial charge in [-0.15, -0.1) is 0 Å². The quantitative estimate of drug-likeness (QED) is 0.827. The maximum Gasteiger partial charge on any atom is 0.255 e. The molecule has 1 amide bonds. The number of pyridine rings is 1. The van der Waals surface area contributed by atoms with Crippen molar-refractivity contribution in [3.63, 3.8) is 0 Å². The van der Waals surface area contributed by atoms with E-state index in [1.54, 1.807) is 31.3 Å². The molecular formula is C12H17N3O3. The van der Waals surface area contributed by atoms with Gasteiger partial charge in [0, 0.05) is 33.5 Å². The summed E-state index contributed by atoms with van der Waals surface area (Å²) in [6.45, 7) is 1.05. The molecular weight excluding hydrogens is 234 g/mol. The van der Waals surface area contributed by atoms with Crippen molar-refractivity contribution >= 4 is 11.7 Å². The summed E-state index contributed by atoms with van der Waals surface area (Å²) in [5.74, 6) is 0.321. The van der Waals surface area contributed by atoms with Gasteiger partial charge in [0.25, 0.3) is 5.91 Å². The summed E-state index contributed by atoms with van der Waals surface area (Å²) in [7, 11) is 3.24. The van der Waals surface area contributed by atoms with Gasteiger partial charge in [0.2, 0.25) is 0 Å². The zero-order chi connectivity index (χ0) is 13.1. The van der Waals surface area contributed by atoms with E-state index in [2.05, 4.69) is 4.98 Å². The van der Waals surface area contributed by atoms with Crippen LogP contribution in [0.25, 0.3) is 0 Å². The number of methoxy groups -OCH3 is 2. The second-order valence-electron chi connectivity index (χ2n) is 4.23. The minimum atomic E-state index is -0.0827. The number of amides is 1. The molecule has 0 spiro atoms. The third-order valence-corrected chi connectivity index (χ3v) is 3.14. The molecule has 6 heteroatoms. The summed E-state index contributed by atoms with van der Waals surface area (Å²) in [4.78, 5) is 17.8. The van der Waals surface area contributed by atoms with Crippen LogP contribution >= 0.6 is 0 Å². The Bertz CT molecular complexity index is 409. The van der Waals surface area contributed by atoms with Crippen LogP contribution in [-0.2, 0) is 9.47 Å². The summed E-state index contributed by atoms with van der Waals surface area (Å²) in [6, 6.07) is 3.29. The third kappa shape index (κ3) is 2.44. The first kappa shape index (κ1) is 12.8. The summed E-state index contributed by atoms with van der Waals surface area (Å²) >= 11 is 0. The lowest BCUT2D eigenvalue weighted by Crippen LogP contribution is -2.30. The van der Waals surface area contributed by atoms with E-state index >= 15 is 0 Å². The highest BCUT2D eigenvalue weighted by Gasteiger charge is 2.35. The van der Waals surface area contributed by atoms with Crippen molar-refractivity contribution in [3.8, 4) is 0 Å². The number of ether oxygens (including phenoxy) is 2. The first-order valence-electron chi connectivity index (χ1n) is 5.72. The molecule has 1 aromatic rings. The average Bonchev–Trinajstić information content (AvgIpc) is 2.82. The topological polar surface area (TPSA) is 77.7 Å². The molecule has 1 saturated heterocycles. The molecule has 2 unspecified atom stereocenters. The third-order valence-electron chi connectivity index (χ3n) is 3.14. The fourth-order valence-corrected chi connectivity index (χ4v) is 2.08. The monoisotopic (exact) mass is 251 g/mol. The van der Waals surface area contributed by atoms with Crippen molar-refractivity contribution < 1.29 is 14.3 Å². The van der Waals surface area contributed by atoms with Crippen molar-refractivity contribution in [1.29, 1.82) is 0 Å². The van der Waals surface area contributed by atoms with E-state index in [-0.39, 0.29) is 18.1 Å². The maximum atomic E-state index is 12.2. The van der Waals surface area contributed by atoms with E-state index in [9.17, 15) is 4.79 Å². The zero-order valence-corrected chi connectivity index (χ0v) is 10.5. The second-order valence-corrected chi connectivity index (χ2v) is 4.23. The predicted octanol–water partition coefficient (Wildman–Crippen LogP) is 0.150. The fraction of sp³-hybridized carbons (Fsp3) is 0.500. The number of nitrogens with zero attached hydrogens (tertiary/aromatic N) is 2. The van der Waals surface area contributed by atoms with Crippen LogP contribution < -0.4 is 5.73 Å². The summed E-state index contributed by atoms with van der Waals surface area (Å²) in [5, 5.41) is 0. The largest absolute Gasteiger partial charge is 0.384 e. The molecule has 0 saturated carbocycles. The number of nitrogens with two attached hydrogens (primary N) is 1. The molecule has 98 valence electrons. The Hall–Kier alpha value is -1.66. The van der Waals surface area contributed by atoms with E-state index in [1.165, 1.54) is 6.20 Å². The molecule has 2 N–H and O–H groups in total. The molecule has 18 heavy (non-hydrogen) atoms. The molecule has 1 aromatic heterocycles. The molecule has 1 aliphatic heterocycles. The molecule has 0 radical (unpaired) electrons. The van der Waals surface area contributed by atoms with Gasteiger partial charge in [-0.2, -0.15) is 0 Å². The number of nitrogen functional groups attached to an aromatic ring is 1. The lowest BCUT2D eigenvalue weighted by Gasteiger charge is -2.15. The number of carbonyl (C=O) groups is 1. The number of carbonyl (C=O) groups excluding carboxylic acids is 1. The summed E-state index contributed by atoms with van der Waals surface area (Å²) in [5.41, 5.74) is 6.02. The highest BCUT2D eigenvalue weighted by molar-refractivity contribution is 5.94. The number of rotatable bonds is 3. The number of likely N-dealkylation sites (tertiary alicyclic amines) is 1. The minimum absolute atomic E-state index is 0.0795. The fourth-order valence-electron chi connectivity index (χ4n) is 2.08. The van der Waals surface area contributed by atoms with Gasteiger partial charge >= 0.3 is 0 Å². The van der Waals surface area contributed by atoms with Gasteiger partial charge in [0.05, 0.1) is 5.56 Å². The Labute approximate surface area is 106 Å². The Morgan fingerprint density at radius 2 is 1.94 bits per heavy atom. The molecule has 1 aliphatic rings. The molecule has 1 fully saturated rings. The van der Waals surface area contributed by atoms with Crippen molar-refractivity contribution in [1.82, 2.24) is 9.88 Å². The van der Waals surface area contributed by atoms with Gasteiger partial charge in [0.15, 0.2) is 0 Å². The lowest BCUT2D eigenvalue weighted by atomic mass is 10.2. The number of anilines is 1. The molecule has 0 aliphatic carbocycles. The molecule has 2 heterocycles. The van der Waals surface area contributed by atoms with E-state index in [1.807, 2.05) is 0 Å². The number of hydrogen-bond donors (Lipinski definition) is 1. The lowest BCUT2D eigenvalue weighted by molar-refractivity contribution is -0.00461. The first-order valence-corrected chi connectivity index (χ1v) is 5.72. The number of aromatic nitrogens is 1. The van der Waals surface area contributed by atoms with Crippen LogP contribution in [0, 0.1) is 0 Å². The van der Waals surface area contributed by atoms with Crippen LogP contribution in [0.5, 0.6) is 0 Å². The molecule has 6 nitrogen and oxygen atoms in total. The average molecular weight is 251 g/mol. The van der Waals surface area contributed by atoms with Gasteiger partial charge in [-0.25, -0.2) is 4.98 Å². The van der Waals surface area contributed by atoms with Crippen LogP contribution in [-0.4, -0.2) is 55.3 Å². The molecule has 0 bridgehead atoms. The SMILES string of the molecule is COC1CN(C(=O)c2ccc(N)nc2)CC1OC. The predicted molar refractivity (Wildman–Crippen MR) is 66.1 cm³/mol. The second kappa shape index (κ2) is 5.32. The van der Waals surface area contributed by atoms with E-state index in [0.717, 1.165) is 0 Å². The molecule has 2 atom stereocenters. The van der Waals surface area contributed by atoms with Crippen LogP contribution in [0.15, 0.2) is 18.3 Å². The maximum absolute atomic E-state index is 12.2. The first-order chi connectivity index (χ1) is 8.65. The Morgan fingerprint density at radius 1 is 1.33 bits per heavy atom. The Kier molecular flexibility index (Phi) is 3.78. The minimum Gasteiger partial charge on any atom is -0.384 e. The summed E-state index contributed by atoms with van der Waals surface area (Å²) in [6.07, 6.45) is 1.32. The Morgan fingerprint density at radius 3 is 2.39 bits per heavy atom. The highest BCUT2D eigenvalue weighted by atomic mass is 16.5. The molecule has 2 rings (SSSR count). The number of hydrogen-bond acceptors (Lipinski definition) is 5. The van der Waals surface area contributed by atoms with Gasteiger partial charge in [-0.05, 0) is 12.1 Å². The zero-order valence-electron chi connectivity index (χ0n) is 10.5. The van der Waals surface area contributed by atoms with E-state index < -0.39 is 0 Å². The van der Waals surface area contributed by atoms with Crippen LogP contribution in [0.2, 0.25) is 0 Å². The van der Waals surface area contributed by atoms with E-state index in [4.69, 9.17) is 15.2 Å². The smallest absolute Gasteiger partial charge is 0.255 e. The van der Waals surface area contributed by atoms with Crippen molar-refractivity contribution in [2.45, 2.75) is 12.2 Å². The van der Waals surface area contributed by atoms with Crippen molar-refractivity contribution in [2.24, 2.45) is 0 Å². The highest BCUT2D eigenvalue weighted by Crippen LogP contribution is 2.18.